The quantitative estimate of drug-likeness (QED) is 0.0343. The van der Waals surface area contributed by atoms with Gasteiger partial charge in [-0.25, -0.2) is 4.98 Å². The van der Waals surface area contributed by atoms with E-state index in [1.807, 2.05) is 140 Å². The van der Waals surface area contributed by atoms with Crippen molar-refractivity contribution in [3.05, 3.63) is 276 Å². The van der Waals surface area contributed by atoms with Crippen LogP contribution in [0, 0.1) is 71.3 Å². The van der Waals surface area contributed by atoms with Crippen LogP contribution in [-0.4, -0.2) is 200 Å². The second-order valence-electron chi connectivity index (χ2n) is 31.2. The van der Waals surface area contributed by atoms with Crippen molar-refractivity contribution in [3.63, 3.8) is 0 Å². The van der Waals surface area contributed by atoms with E-state index in [4.69, 9.17) is 67.4 Å². The summed E-state index contributed by atoms with van der Waals surface area (Å²) in [6.45, 7) is 24.1. The van der Waals surface area contributed by atoms with Gasteiger partial charge in [0.15, 0.2) is 16.8 Å². The van der Waals surface area contributed by atoms with E-state index in [1.54, 1.807) is 42.5 Å². The third-order valence-electron chi connectivity index (χ3n) is 26.0. The van der Waals surface area contributed by atoms with E-state index >= 15 is 0 Å². The van der Waals surface area contributed by atoms with Crippen LogP contribution in [0.2, 0.25) is 5.15 Å². The van der Waals surface area contributed by atoms with Gasteiger partial charge in [-0.05, 0) is 69.8 Å². The Balaban J connectivity index is 0.000000139. The largest absolute Gasteiger partial charge is 0.481 e. The molecule has 3 aliphatic carbocycles. The number of rotatable bonds is 18. The van der Waals surface area contributed by atoms with Gasteiger partial charge in [0.1, 0.15) is 50.3 Å². The zero-order valence-electron chi connectivity index (χ0n) is 65.3. The van der Waals surface area contributed by atoms with Crippen LogP contribution in [-0.2, 0) is 47.8 Å². The van der Waals surface area contributed by atoms with E-state index in [9.17, 15) is 41.2 Å². The zero-order chi connectivity index (χ0) is 82.3. The minimum absolute atomic E-state index is 0. The SMILES string of the molecule is C.COc1nc(Cl)cc2c1[C@]1(O)[C@@H](CN3CCOCC3)[C@H](CO)[C@@H](c3ccccc3)[C@]1(c1ccc(Br)cc1)O2.[C-]#[N+]c1cc2c(c(OC)n1)[C@]1(O)[C@@H](CN3CCOCC3)[C@H](CO)[C@@H](c3ccccc3)[C@]1(c1ccc(C#N)cc1)O2.[C-]#[N+]c1cc2c(c(OC)n1)[C@]1(O)[C@@H](CN3CCOCC3)[C@H](CO)[C@@H](c3ccccc3)[C@]1(c1ccc(C#N)cc1)O2. The van der Waals surface area contributed by atoms with E-state index in [1.165, 1.54) is 21.3 Å². The normalized spacial score (nSPS) is 29.3. The maximum absolute atomic E-state index is 13.4. The molecule has 3 saturated carbocycles. The molecule has 15 atom stereocenters. The Hall–Kier alpha value is -10.2. The number of nitrogens with zero attached hydrogens (tertiary/aromatic N) is 10. The molecule has 6 aliphatic heterocycles. The average molecular weight is 1700 g/mol. The standard InChI is InChI=1S/2C31H30N4O5.C29H30BrClN2O5.CH4/c2*1-33-26-16-25-28(29(34-26)38-2)30(37)24(18-35-12-14-39-15-13-35)23(19-36)27(21-6-4-3-5-7-21)31(30,40-25)22-10-8-20(17-32)9-11-22;1-36-27-26-23(15-24(31)32-27)38-29(19-7-9-20(30)10-8-19)25(18-5-3-2-4-6-18)21(17-34)22(28(26,29)35)16-33-11-13-37-14-12-33;/h2*3-11,16,23-24,27,36-37H,12-15,18-19H2,2H3;2-10,15,21-22,25,34-35H,11-14,16-17H2,1H3;1H4/t2*23-,24-,27+,30+,31-;21-,22-,25+,28+,29-;/m000./s1. The molecule has 27 heteroatoms. The van der Waals surface area contributed by atoms with Gasteiger partial charge in [0.25, 0.3) is 11.6 Å². The summed E-state index contributed by atoms with van der Waals surface area (Å²) in [6.07, 6.45) is 0. The van der Waals surface area contributed by atoms with Crippen LogP contribution in [0.3, 0.4) is 0 Å². The van der Waals surface area contributed by atoms with Crippen LogP contribution in [0.1, 0.15) is 86.4 Å². The lowest BCUT2D eigenvalue weighted by molar-refractivity contribution is -0.135. The van der Waals surface area contributed by atoms with Gasteiger partial charge in [-0.15, -0.1) is 0 Å². The summed E-state index contributed by atoms with van der Waals surface area (Å²) < 4.78 is 55.6. The summed E-state index contributed by atoms with van der Waals surface area (Å²) in [5, 5.41) is 92.3. The molecule has 18 rings (SSSR count). The first kappa shape index (κ1) is 83.9. The van der Waals surface area contributed by atoms with Gasteiger partial charge >= 0.3 is 11.8 Å². The lowest BCUT2D eigenvalue weighted by Gasteiger charge is -2.42. The van der Waals surface area contributed by atoms with Gasteiger partial charge in [0.2, 0.25) is 5.88 Å². The number of morpholine rings is 3. The third kappa shape index (κ3) is 13.6. The molecule has 0 bridgehead atoms. The number of pyridine rings is 3. The van der Waals surface area contributed by atoms with Crippen LogP contribution in [0.15, 0.2) is 186 Å². The average Bonchev–Trinajstić information content (AvgIpc) is 1.51. The minimum atomic E-state index is -1.71. The van der Waals surface area contributed by atoms with Crippen molar-refractivity contribution >= 4 is 39.2 Å². The van der Waals surface area contributed by atoms with Crippen LogP contribution in [0.5, 0.6) is 34.9 Å². The Kier molecular flexibility index (Phi) is 24.3. The van der Waals surface area contributed by atoms with Crippen molar-refractivity contribution in [1.29, 1.82) is 10.5 Å². The fourth-order valence-electron chi connectivity index (χ4n) is 21.2. The first-order chi connectivity index (χ1) is 57.5. The number of nitriles is 2. The number of hydrogen-bond acceptors (Lipinski definition) is 23. The third-order valence-corrected chi connectivity index (χ3v) is 26.7. The number of aliphatic hydroxyl groups is 6. The van der Waals surface area contributed by atoms with Gasteiger partial charge < -0.3 is 83.0 Å². The molecule has 119 heavy (non-hydrogen) atoms. The lowest BCUT2D eigenvalue weighted by Crippen LogP contribution is -2.53. The van der Waals surface area contributed by atoms with Crippen molar-refractivity contribution in [2.45, 2.75) is 58.8 Å². The molecule has 6 fully saturated rings. The molecule has 9 aliphatic rings. The van der Waals surface area contributed by atoms with Crippen molar-refractivity contribution in [1.82, 2.24) is 29.7 Å². The molecule has 0 spiro atoms. The Morgan fingerprint density at radius 1 is 0.454 bits per heavy atom. The Labute approximate surface area is 705 Å². The number of aliphatic hydroxyl groups excluding tert-OH is 3. The summed E-state index contributed by atoms with van der Waals surface area (Å²) in [6, 6.07) is 60.6. The zero-order valence-corrected chi connectivity index (χ0v) is 67.7. The highest BCUT2D eigenvalue weighted by molar-refractivity contribution is 9.10. The number of methoxy groups -OCH3 is 3. The van der Waals surface area contributed by atoms with Crippen molar-refractivity contribution in [2.24, 2.45) is 35.5 Å². The molecule has 6 aromatic carbocycles. The van der Waals surface area contributed by atoms with Crippen molar-refractivity contribution in [3.8, 4) is 47.0 Å². The van der Waals surface area contributed by atoms with E-state index in [0.29, 0.717) is 142 Å². The number of hydrogen-bond donors (Lipinski definition) is 6. The number of ether oxygens (including phenoxy) is 9. The second-order valence-corrected chi connectivity index (χ2v) is 32.5. The van der Waals surface area contributed by atoms with Gasteiger partial charge in [0.05, 0.1) is 89.8 Å². The highest BCUT2D eigenvalue weighted by Gasteiger charge is 2.80. The smallest absolute Gasteiger partial charge is 0.319 e. The topological polar surface area (TPSA) is 309 Å². The van der Waals surface area contributed by atoms with Crippen LogP contribution < -0.4 is 28.4 Å². The number of fused-ring (bicyclic) bond motifs is 9. The van der Waals surface area contributed by atoms with Crippen molar-refractivity contribution < 1.29 is 73.3 Å². The van der Waals surface area contributed by atoms with Gasteiger partial charge in [0, 0.05) is 155 Å². The molecule has 25 nitrogen and oxygen atoms in total. The first-order valence-electron chi connectivity index (χ1n) is 39.5. The van der Waals surface area contributed by atoms with Crippen LogP contribution >= 0.6 is 27.5 Å². The maximum atomic E-state index is 13.4. The minimum Gasteiger partial charge on any atom is -0.481 e. The van der Waals surface area contributed by atoms with E-state index in [0.717, 1.165) is 39.8 Å². The molecular formula is C92H94BrClN10O15. The van der Waals surface area contributed by atoms with Gasteiger partial charge in [-0.3, -0.25) is 14.7 Å². The van der Waals surface area contributed by atoms with Crippen LogP contribution in [0.25, 0.3) is 9.69 Å². The van der Waals surface area contributed by atoms with E-state index < -0.39 is 75.0 Å². The number of aromatic nitrogens is 3. The van der Waals surface area contributed by atoms with Crippen molar-refractivity contribution in [2.75, 3.05) is 140 Å². The Morgan fingerprint density at radius 2 is 0.739 bits per heavy atom. The highest BCUT2D eigenvalue weighted by Crippen LogP contribution is 2.76. The highest BCUT2D eigenvalue weighted by atomic mass is 79.9. The predicted octanol–water partition coefficient (Wildman–Crippen LogP) is 11.7. The molecule has 616 valence electrons. The first-order valence-corrected chi connectivity index (χ1v) is 40.7. The van der Waals surface area contributed by atoms with Gasteiger partial charge in [-0.2, -0.15) is 10.5 Å². The lowest BCUT2D eigenvalue weighted by atomic mass is 9.70. The molecule has 0 unspecified atom stereocenters. The number of halogens is 2. The molecule has 3 aromatic heterocycles. The maximum Gasteiger partial charge on any atom is 0.319 e. The monoisotopic (exact) mass is 1690 g/mol. The molecule has 0 amide bonds. The van der Waals surface area contributed by atoms with E-state index in [-0.39, 0.29) is 73.5 Å². The fourth-order valence-corrected chi connectivity index (χ4v) is 21.6. The molecular weight excluding hydrogens is 1600 g/mol. The Bertz CT molecular complexity index is 5080. The molecule has 9 heterocycles. The summed E-state index contributed by atoms with van der Waals surface area (Å²) >= 11 is 9.95. The number of benzene rings is 6. The Morgan fingerprint density at radius 3 is 1.02 bits per heavy atom. The summed E-state index contributed by atoms with van der Waals surface area (Å²) in [5.74, 6) is -2.20. The summed E-state index contributed by atoms with van der Waals surface area (Å²) in [5.41, 5.74) is -2.02. The van der Waals surface area contributed by atoms with Crippen LogP contribution in [0.4, 0.5) is 11.6 Å². The molecule has 3 saturated heterocycles. The summed E-state index contributed by atoms with van der Waals surface area (Å²) in [4.78, 5) is 27.1. The summed E-state index contributed by atoms with van der Waals surface area (Å²) in [7, 11) is 4.45. The predicted molar refractivity (Wildman–Crippen MR) is 443 cm³/mol. The van der Waals surface area contributed by atoms with E-state index in [2.05, 4.69) is 67.4 Å². The molecule has 6 N–H and O–H groups in total. The fraction of sp³-hybridized carbons (Fsp3) is 0.402. The molecule has 0 radical (unpaired) electrons. The second kappa shape index (κ2) is 34.5. The molecule has 9 aromatic rings. The van der Waals surface area contributed by atoms with Gasteiger partial charge in [-0.1, -0.05) is 185 Å².